The lowest BCUT2D eigenvalue weighted by Gasteiger charge is -2.19. The van der Waals surface area contributed by atoms with E-state index in [-0.39, 0.29) is 24.5 Å². The first-order valence-corrected chi connectivity index (χ1v) is 6.30. The number of hydrogen-bond donors (Lipinski definition) is 2. The van der Waals surface area contributed by atoms with Crippen LogP contribution in [0.3, 0.4) is 0 Å². The van der Waals surface area contributed by atoms with Crippen LogP contribution >= 0.6 is 0 Å². The standard InChI is InChI=1S/C12H22N2O4/c1-9(3-4-11(15)16)7-13-12(17)14-6-5-10(8-14)18-2/h9-10H,3-8H2,1-2H3,(H,13,17)(H,15,16). The summed E-state index contributed by atoms with van der Waals surface area (Å²) in [7, 11) is 1.65. The van der Waals surface area contributed by atoms with Gasteiger partial charge < -0.3 is 20.1 Å². The van der Waals surface area contributed by atoms with Crippen molar-refractivity contribution in [2.75, 3.05) is 26.7 Å². The first-order chi connectivity index (χ1) is 8.52. The van der Waals surface area contributed by atoms with E-state index in [9.17, 15) is 9.59 Å². The fourth-order valence-electron chi connectivity index (χ4n) is 1.95. The molecule has 0 aromatic heterocycles. The van der Waals surface area contributed by atoms with Crippen molar-refractivity contribution in [2.45, 2.75) is 32.3 Å². The van der Waals surface area contributed by atoms with Crippen LogP contribution in [0.5, 0.6) is 0 Å². The van der Waals surface area contributed by atoms with Gasteiger partial charge in [0.1, 0.15) is 0 Å². The molecule has 18 heavy (non-hydrogen) atoms. The monoisotopic (exact) mass is 258 g/mol. The first kappa shape index (κ1) is 14.8. The van der Waals surface area contributed by atoms with Gasteiger partial charge in [-0.05, 0) is 18.8 Å². The van der Waals surface area contributed by atoms with Crippen molar-refractivity contribution in [3.8, 4) is 0 Å². The van der Waals surface area contributed by atoms with Gasteiger partial charge in [-0.25, -0.2) is 4.79 Å². The second kappa shape index (κ2) is 7.20. The number of nitrogens with zero attached hydrogens (tertiary/aromatic N) is 1. The number of urea groups is 1. The molecule has 0 radical (unpaired) electrons. The second-order valence-corrected chi connectivity index (χ2v) is 4.82. The largest absolute Gasteiger partial charge is 0.481 e. The average molecular weight is 258 g/mol. The van der Waals surface area contributed by atoms with Crippen molar-refractivity contribution in [1.82, 2.24) is 10.2 Å². The molecular formula is C12H22N2O4. The number of ether oxygens (including phenoxy) is 1. The Morgan fingerprint density at radius 1 is 1.56 bits per heavy atom. The van der Waals surface area contributed by atoms with Crippen LogP contribution < -0.4 is 5.32 Å². The highest BCUT2D eigenvalue weighted by Crippen LogP contribution is 2.12. The number of methoxy groups -OCH3 is 1. The Bertz CT molecular complexity index is 296. The van der Waals surface area contributed by atoms with Crippen LogP contribution in [0.1, 0.15) is 26.2 Å². The molecular weight excluding hydrogens is 236 g/mol. The molecule has 1 aliphatic heterocycles. The smallest absolute Gasteiger partial charge is 0.317 e. The Hall–Kier alpha value is -1.30. The van der Waals surface area contributed by atoms with Crippen LogP contribution in [0, 0.1) is 5.92 Å². The van der Waals surface area contributed by atoms with Gasteiger partial charge in [-0.3, -0.25) is 4.79 Å². The van der Waals surface area contributed by atoms with Gasteiger partial charge in [0.2, 0.25) is 0 Å². The van der Waals surface area contributed by atoms with Crippen LogP contribution in [0.4, 0.5) is 4.79 Å². The topological polar surface area (TPSA) is 78.9 Å². The van der Waals surface area contributed by atoms with Crippen molar-refractivity contribution in [3.63, 3.8) is 0 Å². The lowest BCUT2D eigenvalue weighted by atomic mass is 10.1. The van der Waals surface area contributed by atoms with Crippen LogP contribution in [-0.2, 0) is 9.53 Å². The predicted molar refractivity (Wildman–Crippen MR) is 66.4 cm³/mol. The molecule has 1 rings (SSSR count). The van der Waals surface area contributed by atoms with Gasteiger partial charge >= 0.3 is 12.0 Å². The molecule has 6 heteroatoms. The lowest BCUT2D eigenvalue weighted by Crippen LogP contribution is -2.40. The maximum Gasteiger partial charge on any atom is 0.317 e. The van der Waals surface area contributed by atoms with E-state index < -0.39 is 5.97 Å². The Morgan fingerprint density at radius 3 is 2.83 bits per heavy atom. The molecule has 0 aromatic carbocycles. The van der Waals surface area contributed by atoms with E-state index in [1.807, 2.05) is 6.92 Å². The minimum absolute atomic E-state index is 0.0864. The van der Waals surface area contributed by atoms with Crippen molar-refractivity contribution < 1.29 is 19.4 Å². The number of nitrogens with one attached hydrogen (secondary N) is 1. The Labute approximate surface area is 107 Å². The molecule has 2 unspecified atom stereocenters. The SMILES string of the molecule is COC1CCN(C(=O)NCC(C)CCC(=O)O)C1. The van der Waals surface area contributed by atoms with Crippen LogP contribution in [0.2, 0.25) is 0 Å². The van der Waals surface area contributed by atoms with Gasteiger partial charge in [-0.1, -0.05) is 6.92 Å². The zero-order valence-corrected chi connectivity index (χ0v) is 11.0. The van der Waals surface area contributed by atoms with Crippen LogP contribution in [-0.4, -0.2) is 54.9 Å². The molecule has 2 amide bonds. The van der Waals surface area contributed by atoms with Gasteiger partial charge in [0, 0.05) is 33.2 Å². The Kier molecular flexibility index (Phi) is 5.91. The van der Waals surface area contributed by atoms with E-state index in [4.69, 9.17) is 9.84 Å². The van der Waals surface area contributed by atoms with Gasteiger partial charge in [0.15, 0.2) is 0 Å². The maximum absolute atomic E-state index is 11.8. The average Bonchev–Trinajstić information content (AvgIpc) is 2.82. The van der Waals surface area contributed by atoms with Crippen LogP contribution in [0.15, 0.2) is 0 Å². The minimum atomic E-state index is -0.796. The summed E-state index contributed by atoms with van der Waals surface area (Å²) in [6.45, 7) is 3.80. The third kappa shape index (κ3) is 4.91. The van der Waals surface area contributed by atoms with Gasteiger partial charge in [0.05, 0.1) is 6.10 Å². The molecule has 0 aliphatic carbocycles. The summed E-state index contributed by atoms with van der Waals surface area (Å²) in [5.74, 6) is -0.624. The summed E-state index contributed by atoms with van der Waals surface area (Å²) in [6, 6.07) is -0.0864. The molecule has 0 saturated carbocycles. The zero-order chi connectivity index (χ0) is 13.5. The number of likely N-dealkylation sites (tertiary alicyclic amines) is 1. The highest BCUT2D eigenvalue weighted by Gasteiger charge is 2.25. The molecule has 1 heterocycles. The molecule has 1 saturated heterocycles. The number of aliphatic carboxylic acids is 1. The quantitative estimate of drug-likeness (QED) is 0.742. The van der Waals surface area contributed by atoms with Crippen molar-refractivity contribution in [2.24, 2.45) is 5.92 Å². The van der Waals surface area contributed by atoms with Crippen LogP contribution in [0.25, 0.3) is 0 Å². The number of amides is 2. The number of carbonyl (C=O) groups is 2. The van der Waals surface area contributed by atoms with E-state index in [0.717, 1.165) is 6.42 Å². The fraction of sp³-hybridized carbons (Fsp3) is 0.833. The Balaban J connectivity index is 2.18. The summed E-state index contributed by atoms with van der Waals surface area (Å²) >= 11 is 0. The molecule has 6 nitrogen and oxygen atoms in total. The zero-order valence-electron chi connectivity index (χ0n) is 11.0. The summed E-state index contributed by atoms with van der Waals surface area (Å²) in [6.07, 6.45) is 1.74. The molecule has 0 aromatic rings. The molecule has 0 bridgehead atoms. The van der Waals surface area contributed by atoms with Crippen molar-refractivity contribution in [3.05, 3.63) is 0 Å². The van der Waals surface area contributed by atoms with Gasteiger partial charge in [-0.2, -0.15) is 0 Å². The molecule has 1 aliphatic rings. The lowest BCUT2D eigenvalue weighted by molar-refractivity contribution is -0.137. The summed E-state index contributed by atoms with van der Waals surface area (Å²) in [4.78, 5) is 23.9. The molecule has 2 N–H and O–H groups in total. The van der Waals surface area contributed by atoms with E-state index in [0.29, 0.717) is 26.1 Å². The predicted octanol–water partition coefficient (Wildman–Crippen LogP) is 0.918. The second-order valence-electron chi connectivity index (χ2n) is 4.82. The summed E-state index contributed by atoms with van der Waals surface area (Å²) in [5.41, 5.74) is 0. The number of rotatable bonds is 6. The third-order valence-corrected chi connectivity index (χ3v) is 3.22. The first-order valence-electron chi connectivity index (χ1n) is 6.30. The number of carboxylic acids is 1. The highest BCUT2D eigenvalue weighted by atomic mass is 16.5. The third-order valence-electron chi connectivity index (χ3n) is 3.22. The Morgan fingerprint density at radius 2 is 2.28 bits per heavy atom. The minimum Gasteiger partial charge on any atom is -0.481 e. The fourth-order valence-corrected chi connectivity index (χ4v) is 1.95. The number of carbonyl (C=O) groups excluding carboxylic acids is 1. The van der Waals surface area contributed by atoms with E-state index in [2.05, 4.69) is 5.32 Å². The maximum atomic E-state index is 11.8. The van der Waals surface area contributed by atoms with E-state index in [1.54, 1.807) is 12.0 Å². The molecule has 0 spiro atoms. The van der Waals surface area contributed by atoms with E-state index in [1.165, 1.54) is 0 Å². The number of carboxylic acid groups (broad SMARTS) is 1. The summed E-state index contributed by atoms with van der Waals surface area (Å²) in [5, 5.41) is 11.4. The molecule has 104 valence electrons. The molecule has 2 atom stereocenters. The van der Waals surface area contributed by atoms with Crippen molar-refractivity contribution in [1.29, 1.82) is 0 Å². The summed E-state index contributed by atoms with van der Waals surface area (Å²) < 4.78 is 5.20. The normalized spacial score (nSPS) is 20.8. The van der Waals surface area contributed by atoms with E-state index >= 15 is 0 Å². The number of hydrogen-bond acceptors (Lipinski definition) is 3. The van der Waals surface area contributed by atoms with Gasteiger partial charge in [0.25, 0.3) is 0 Å². The molecule has 1 fully saturated rings. The van der Waals surface area contributed by atoms with Crippen molar-refractivity contribution >= 4 is 12.0 Å². The van der Waals surface area contributed by atoms with Gasteiger partial charge in [-0.15, -0.1) is 0 Å². The highest BCUT2D eigenvalue weighted by molar-refractivity contribution is 5.74.